The molecule has 0 radical (unpaired) electrons. The second-order valence-corrected chi connectivity index (χ2v) is 5.97. The lowest BCUT2D eigenvalue weighted by Crippen LogP contribution is -2.33. The summed E-state index contributed by atoms with van der Waals surface area (Å²) >= 11 is 5.83. The van der Waals surface area contributed by atoms with Crippen LogP contribution in [0.5, 0.6) is 0 Å². The number of aryl methyl sites for hydroxylation is 1. The lowest BCUT2D eigenvalue weighted by molar-refractivity contribution is -0.142. The minimum Gasteiger partial charge on any atom is -0.481 e. The van der Waals surface area contributed by atoms with Crippen LogP contribution in [0.25, 0.3) is 11.4 Å². The van der Waals surface area contributed by atoms with Crippen LogP contribution in [0.3, 0.4) is 0 Å². The van der Waals surface area contributed by atoms with Crippen molar-refractivity contribution in [2.75, 3.05) is 13.6 Å². The van der Waals surface area contributed by atoms with Crippen LogP contribution in [0.15, 0.2) is 28.8 Å². The van der Waals surface area contributed by atoms with Gasteiger partial charge in [-0.2, -0.15) is 4.98 Å². The van der Waals surface area contributed by atoms with Crippen LogP contribution in [0, 0.1) is 5.92 Å². The highest BCUT2D eigenvalue weighted by atomic mass is 35.5. The molecule has 24 heavy (non-hydrogen) atoms. The summed E-state index contributed by atoms with van der Waals surface area (Å²) in [5.41, 5.74) is 0.771. The van der Waals surface area contributed by atoms with E-state index in [1.54, 1.807) is 38.2 Å². The molecule has 1 aromatic carbocycles. The molecule has 0 bridgehead atoms. The van der Waals surface area contributed by atoms with Gasteiger partial charge in [0.1, 0.15) is 0 Å². The van der Waals surface area contributed by atoms with Gasteiger partial charge in [-0.1, -0.05) is 23.7 Å². The normalized spacial score (nSPS) is 12.0. The van der Waals surface area contributed by atoms with Crippen molar-refractivity contribution in [1.82, 2.24) is 15.0 Å². The van der Waals surface area contributed by atoms with E-state index < -0.39 is 11.9 Å². The summed E-state index contributed by atoms with van der Waals surface area (Å²) < 4.78 is 5.14. The number of hydrogen-bond donors (Lipinski definition) is 1. The molecular formula is C16H18ClN3O4. The Bertz CT molecular complexity index is 714. The maximum absolute atomic E-state index is 12.0. The molecule has 0 aliphatic rings. The number of amides is 1. The zero-order valence-electron chi connectivity index (χ0n) is 13.4. The summed E-state index contributed by atoms with van der Waals surface area (Å²) in [5.74, 6) is -0.928. The average molecular weight is 352 g/mol. The van der Waals surface area contributed by atoms with Gasteiger partial charge in [-0.3, -0.25) is 9.59 Å². The van der Waals surface area contributed by atoms with Crippen LogP contribution in [0.2, 0.25) is 5.02 Å². The number of nitrogens with zero attached hydrogens (tertiary/aromatic N) is 3. The molecule has 7 nitrogen and oxygen atoms in total. The van der Waals surface area contributed by atoms with E-state index in [-0.39, 0.29) is 18.9 Å². The highest BCUT2D eigenvalue weighted by Gasteiger charge is 2.18. The number of carbonyl (C=O) groups excluding carboxylic acids is 1. The molecule has 0 saturated heterocycles. The zero-order chi connectivity index (χ0) is 17.7. The van der Waals surface area contributed by atoms with Gasteiger partial charge >= 0.3 is 5.97 Å². The van der Waals surface area contributed by atoms with Crippen molar-refractivity contribution in [2.45, 2.75) is 19.8 Å². The van der Waals surface area contributed by atoms with E-state index in [1.165, 1.54) is 4.90 Å². The number of aliphatic carboxylic acids is 1. The molecule has 128 valence electrons. The molecule has 0 aliphatic heterocycles. The minimum absolute atomic E-state index is 0.161. The van der Waals surface area contributed by atoms with E-state index >= 15 is 0 Å². The van der Waals surface area contributed by atoms with Gasteiger partial charge in [0.15, 0.2) is 0 Å². The standard InChI is InChI=1S/C16H18ClN3O4/c1-10(16(22)23)9-20(2)14(21)8-7-13-18-15(19-24-13)11-3-5-12(17)6-4-11/h3-6,10H,7-9H2,1-2H3,(H,22,23). The van der Waals surface area contributed by atoms with Crippen LogP contribution in [0.4, 0.5) is 0 Å². The van der Waals surface area contributed by atoms with Gasteiger partial charge in [-0.05, 0) is 24.3 Å². The number of hydrogen-bond acceptors (Lipinski definition) is 5. The predicted octanol–water partition coefficient (Wildman–Crippen LogP) is 2.50. The third-order valence-corrected chi connectivity index (χ3v) is 3.77. The number of rotatable bonds is 7. The molecule has 0 aliphatic carbocycles. The van der Waals surface area contributed by atoms with E-state index in [9.17, 15) is 9.59 Å². The van der Waals surface area contributed by atoms with Crippen molar-refractivity contribution in [3.8, 4) is 11.4 Å². The number of carboxylic acid groups (broad SMARTS) is 1. The van der Waals surface area contributed by atoms with Gasteiger partial charge < -0.3 is 14.5 Å². The third kappa shape index (κ3) is 4.79. The van der Waals surface area contributed by atoms with Crippen molar-refractivity contribution in [1.29, 1.82) is 0 Å². The summed E-state index contributed by atoms with van der Waals surface area (Å²) in [4.78, 5) is 28.5. The monoisotopic (exact) mass is 351 g/mol. The van der Waals surface area contributed by atoms with E-state index in [0.29, 0.717) is 23.2 Å². The second-order valence-electron chi connectivity index (χ2n) is 5.53. The first-order valence-electron chi connectivity index (χ1n) is 7.42. The number of carbonyl (C=O) groups is 2. The van der Waals surface area contributed by atoms with Crippen molar-refractivity contribution >= 4 is 23.5 Å². The van der Waals surface area contributed by atoms with Crippen molar-refractivity contribution in [2.24, 2.45) is 5.92 Å². The molecular weight excluding hydrogens is 334 g/mol. The van der Waals surface area contributed by atoms with Gasteiger partial charge in [0.05, 0.1) is 5.92 Å². The molecule has 1 heterocycles. The quantitative estimate of drug-likeness (QED) is 0.823. The number of carboxylic acids is 1. The first-order valence-corrected chi connectivity index (χ1v) is 7.80. The van der Waals surface area contributed by atoms with Crippen LogP contribution in [-0.2, 0) is 16.0 Å². The maximum Gasteiger partial charge on any atom is 0.308 e. The smallest absolute Gasteiger partial charge is 0.308 e. The average Bonchev–Trinajstić information content (AvgIpc) is 3.02. The van der Waals surface area contributed by atoms with Crippen molar-refractivity contribution in [3.63, 3.8) is 0 Å². The molecule has 1 atom stereocenters. The fourth-order valence-electron chi connectivity index (χ4n) is 2.07. The Labute approximate surface area is 144 Å². The van der Waals surface area contributed by atoms with E-state index in [0.717, 1.165) is 5.56 Å². The lowest BCUT2D eigenvalue weighted by Gasteiger charge is -2.18. The molecule has 2 rings (SSSR count). The zero-order valence-corrected chi connectivity index (χ0v) is 14.2. The Morgan fingerprint density at radius 3 is 2.62 bits per heavy atom. The molecule has 8 heteroatoms. The SMILES string of the molecule is CC(CN(C)C(=O)CCc1nc(-c2ccc(Cl)cc2)no1)C(=O)O. The van der Waals surface area contributed by atoms with Crippen LogP contribution in [-0.4, -0.2) is 45.6 Å². The summed E-state index contributed by atoms with van der Waals surface area (Å²) in [6.45, 7) is 1.72. The Hall–Kier alpha value is -2.41. The molecule has 1 unspecified atom stereocenters. The Balaban J connectivity index is 1.89. The summed E-state index contributed by atoms with van der Waals surface area (Å²) in [6.07, 6.45) is 0.469. The fourth-order valence-corrected chi connectivity index (χ4v) is 2.19. The van der Waals surface area contributed by atoms with E-state index in [2.05, 4.69) is 10.1 Å². The van der Waals surface area contributed by atoms with Crippen LogP contribution >= 0.6 is 11.6 Å². The van der Waals surface area contributed by atoms with Gasteiger partial charge in [-0.25, -0.2) is 0 Å². The molecule has 1 amide bonds. The molecule has 0 saturated carbocycles. The van der Waals surface area contributed by atoms with Crippen LogP contribution in [0.1, 0.15) is 19.2 Å². The Morgan fingerprint density at radius 1 is 1.33 bits per heavy atom. The van der Waals surface area contributed by atoms with Gasteiger partial charge in [0.2, 0.25) is 17.6 Å². The van der Waals surface area contributed by atoms with Gasteiger partial charge in [0, 0.05) is 37.0 Å². The highest BCUT2D eigenvalue weighted by molar-refractivity contribution is 6.30. The molecule has 0 spiro atoms. The molecule has 2 aromatic rings. The fraction of sp³-hybridized carbons (Fsp3) is 0.375. The number of aromatic nitrogens is 2. The maximum atomic E-state index is 12.0. The first-order chi connectivity index (χ1) is 11.4. The largest absolute Gasteiger partial charge is 0.481 e. The Morgan fingerprint density at radius 2 is 2.00 bits per heavy atom. The van der Waals surface area contributed by atoms with Crippen molar-refractivity contribution in [3.05, 3.63) is 35.2 Å². The minimum atomic E-state index is -0.931. The molecule has 0 fully saturated rings. The van der Waals surface area contributed by atoms with Gasteiger partial charge in [0.25, 0.3) is 0 Å². The van der Waals surface area contributed by atoms with Crippen LogP contribution < -0.4 is 0 Å². The topological polar surface area (TPSA) is 96.5 Å². The summed E-state index contributed by atoms with van der Waals surface area (Å²) in [5, 5.41) is 13.4. The van der Waals surface area contributed by atoms with Gasteiger partial charge in [-0.15, -0.1) is 0 Å². The first kappa shape index (κ1) is 17.9. The Kier molecular flexibility index (Phi) is 5.92. The summed E-state index contributed by atoms with van der Waals surface area (Å²) in [6, 6.07) is 7.02. The predicted molar refractivity (Wildman–Crippen MR) is 87.5 cm³/mol. The second kappa shape index (κ2) is 7.92. The highest BCUT2D eigenvalue weighted by Crippen LogP contribution is 2.19. The number of benzene rings is 1. The molecule has 1 aromatic heterocycles. The van der Waals surface area contributed by atoms with E-state index in [1.807, 2.05) is 0 Å². The lowest BCUT2D eigenvalue weighted by atomic mass is 10.1. The van der Waals surface area contributed by atoms with Crippen molar-refractivity contribution < 1.29 is 19.2 Å². The third-order valence-electron chi connectivity index (χ3n) is 3.52. The summed E-state index contributed by atoms with van der Waals surface area (Å²) in [7, 11) is 1.58. The van der Waals surface area contributed by atoms with E-state index in [4.69, 9.17) is 21.2 Å². The molecule has 1 N–H and O–H groups in total. The number of halogens is 1.